The fraction of sp³-hybridized carbons (Fsp3) is 0.385. The van der Waals surface area contributed by atoms with Gasteiger partial charge < -0.3 is 33.2 Å². The molecule has 0 bridgehead atoms. The molecule has 1 aromatic heterocycles. The molecule has 0 saturated carbocycles. The molecule has 3 heterocycles. The topological polar surface area (TPSA) is 91.9 Å². The second kappa shape index (κ2) is 9.59. The van der Waals surface area contributed by atoms with Gasteiger partial charge in [-0.2, -0.15) is 0 Å². The summed E-state index contributed by atoms with van der Waals surface area (Å²) in [6.45, 7) is 4.35. The molecule has 1 N–H and O–H groups in total. The summed E-state index contributed by atoms with van der Waals surface area (Å²) in [4.78, 5) is 30.4. The molecular formula is C26H29N2O7+. The maximum atomic E-state index is 13.7. The largest absolute Gasteiger partial charge is 0.493 e. The highest BCUT2D eigenvalue weighted by molar-refractivity contribution is 5.99. The number of carbonyl (C=O) groups excluding carboxylic acids is 1. The number of amides is 1. The number of morpholine rings is 1. The van der Waals surface area contributed by atoms with Crippen molar-refractivity contribution in [3.05, 3.63) is 63.5 Å². The minimum absolute atomic E-state index is 0.0874. The van der Waals surface area contributed by atoms with E-state index in [1.807, 2.05) is 0 Å². The molecule has 2 aliphatic heterocycles. The van der Waals surface area contributed by atoms with E-state index >= 15 is 0 Å². The molecule has 3 aromatic rings. The van der Waals surface area contributed by atoms with E-state index in [2.05, 4.69) is 0 Å². The normalized spacial score (nSPS) is 18.1. The molecule has 1 fully saturated rings. The zero-order valence-corrected chi connectivity index (χ0v) is 20.1. The summed E-state index contributed by atoms with van der Waals surface area (Å²) in [6, 6.07) is 9.93. The molecule has 0 aliphatic carbocycles. The van der Waals surface area contributed by atoms with Crippen molar-refractivity contribution in [1.29, 1.82) is 0 Å². The van der Waals surface area contributed by atoms with Gasteiger partial charge in [0.15, 0.2) is 16.9 Å². The van der Waals surface area contributed by atoms with Crippen LogP contribution in [0.5, 0.6) is 17.2 Å². The minimum atomic E-state index is -0.646. The summed E-state index contributed by atoms with van der Waals surface area (Å²) in [7, 11) is 4.61. The maximum Gasteiger partial charge on any atom is 0.291 e. The Labute approximate surface area is 202 Å². The lowest BCUT2D eigenvalue weighted by Gasteiger charge is -2.29. The highest BCUT2D eigenvalue weighted by Gasteiger charge is 2.43. The quantitative estimate of drug-likeness (QED) is 0.544. The number of quaternary nitrogens is 1. The van der Waals surface area contributed by atoms with Crippen LogP contribution in [-0.4, -0.2) is 71.5 Å². The molecule has 35 heavy (non-hydrogen) atoms. The lowest BCUT2D eigenvalue weighted by atomic mass is 9.97. The molecule has 9 heteroatoms. The van der Waals surface area contributed by atoms with Gasteiger partial charge in [-0.05, 0) is 29.8 Å². The van der Waals surface area contributed by atoms with E-state index in [1.54, 1.807) is 41.3 Å². The summed E-state index contributed by atoms with van der Waals surface area (Å²) >= 11 is 0. The number of nitrogens with zero attached hydrogens (tertiary/aromatic N) is 1. The van der Waals surface area contributed by atoms with Gasteiger partial charge in [0.1, 0.15) is 18.7 Å². The molecule has 184 valence electrons. The van der Waals surface area contributed by atoms with Crippen LogP contribution in [0, 0.1) is 0 Å². The van der Waals surface area contributed by atoms with Crippen LogP contribution in [0.15, 0.2) is 45.6 Å². The van der Waals surface area contributed by atoms with Crippen molar-refractivity contribution in [3.8, 4) is 17.2 Å². The van der Waals surface area contributed by atoms with E-state index < -0.39 is 6.04 Å². The smallest absolute Gasteiger partial charge is 0.291 e. The third-order valence-electron chi connectivity index (χ3n) is 6.78. The van der Waals surface area contributed by atoms with E-state index in [9.17, 15) is 9.59 Å². The highest BCUT2D eigenvalue weighted by Crippen LogP contribution is 2.44. The second-order valence-corrected chi connectivity index (χ2v) is 8.64. The van der Waals surface area contributed by atoms with Crippen LogP contribution in [-0.2, 0) is 4.74 Å². The van der Waals surface area contributed by atoms with Crippen LogP contribution in [0.1, 0.15) is 27.7 Å². The standard InChI is InChI=1S/C26H28N2O7/c1-31-19-14-16(15-20(32-2)24(19)33-3)22-21-23(29)17-6-4-5-7-18(17)35-25(21)26(30)28(22)9-8-27-10-12-34-13-11-27/h4-7,14-15,22H,8-13H2,1-3H3/p+1/t22-/m0/s1. The Hall–Kier alpha value is -3.56. The predicted octanol–water partition coefficient (Wildman–Crippen LogP) is 1.28. The maximum absolute atomic E-state index is 13.7. The van der Waals surface area contributed by atoms with E-state index in [4.69, 9.17) is 23.4 Å². The van der Waals surface area contributed by atoms with Gasteiger partial charge in [0.2, 0.25) is 11.5 Å². The number of hydrogen-bond donors (Lipinski definition) is 1. The van der Waals surface area contributed by atoms with Gasteiger partial charge in [-0.3, -0.25) is 9.59 Å². The summed E-state index contributed by atoms with van der Waals surface area (Å²) < 4.78 is 28.1. The lowest BCUT2D eigenvalue weighted by molar-refractivity contribution is -0.907. The Bertz CT molecular complexity index is 1290. The number of nitrogens with one attached hydrogen (secondary N) is 1. The molecule has 0 radical (unpaired) electrons. The SMILES string of the molecule is COc1cc([C@H]2c3c(oc4ccccc4c3=O)C(=O)N2CC[NH+]2CCOCC2)cc(OC)c1OC. The Kier molecular flexibility index (Phi) is 6.36. The molecule has 1 saturated heterocycles. The molecule has 2 aliphatic rings. The molecular weight excluding hydrogens is 452 g/mol. The average molecular weight is 482 g/mol. The van der Waals surface area contributed by atoms with Crippen LogP contribution in [0.2, 0.25) is 0 Å². The van der Waals surface area contributed by atoms with Gasteiger partial charge in [-0.1, -0.05) is 12.1 Å². The second-order valence-electron chi connectivity index (χ2n) is 8.64. The lowest BCUT2D eigenvalue weighted by Crippen LogP contribution is -3.14. The first-order chi connectivity index (χ1) is 17.1. The Morgan fingerprint density at radius 3 is 2.34 bits per heavy atom. The monoisotopic (exact) mass is 481 g/mol. The van der Waals surface area contributed by atoms with Crippen molar-refractivity contribution in [2.75, 3.05) is 60.7 Å². The Morgan fingerprint density at radius 2 is 1.69 bits per heavy atom. The van der Waals surface area contributed by atoms with Crippen molar-refractivity contribution in [2.45, 2.75) is 6.04 Å². The number of hydrogen-bond acceptors (Lipinski definition) is 7. The number of methoxy groups -OCH3 is 3. The zero-order valence-electron chi connectivity index (χ0n) is 20.1. The average Bonchev–Trinajstić information content (AvgIpc) is 3.18. The van der Waals surface area contributed by atoms with Crippen LogP contribution in [0.3, 0.4) is 0 Å². The molecule has 1 atom stereocenters. The third-order valence-corrected chi connectivity index (χ3v) is 6.78. The fourth-order valence-electron chi connectivity index (χ4n) is 4.99. The van der Waals surface area contributed by atoms with Crippen molar-refractivity contribution < 1.29 is 33.1 Å². The Morgan fingerprint density at radius 1 is 1.00 bits per heavy atom. The number of para-hydroxylation sites is 1. The van der Waals surface area contributed by atoms with Crippen molar-refractivity contribution >= 4 is 16.9 Å². The number of benzene rings is 2. The number of carbonyl (C=O) groups is 1. The number of fused-ring (bicyclic) bond motifs is 2. The van der Waals surface area contributed by atoms with E-state index in [-0.39, 0.29) is 17.1 Å². The molecule has 9 nitrogen and oxygen atoms in total. The molecule has 0 unspecified atom stereocenters. The first-order valence-electron chi connectivity index (χ1n) is 11.6. The first kappa shape index (κ1) is 23.2. The van der Waals surface area contributed by atoms with Crippen molar-refractivity contribution in [1.82, 2.24) is 4.90 Å². The van der Waals surface area contributed by atoms with Gasteiger partial charge in [0.25, 0.3) is 5.91 Å². The predicted molar refractivity (Wildman–Crippen MR) is 128 cm³/mol. The molecule has 1 amide bonds. The van der Waals surface area contributed by atoms with Crippen LogP contribution in [0.4, 0.5) is 0 Å². The molecule has 0 spiro atoms. The zero-order chi connectivity index (χ0) is 24.5. The van der Waals surface area contributed by atoms with Gasteiger partial charge in [0, 0.05) is 0 Å². The van der Waals surface area contributed by atoms with Gasteiger partial charge in [-0.25, -0.2) is 0 Å². The summed E-state index contributed by atoms with van der Waals surface area (Å²) in [5.41, 5.74) is 1.20. The summed E-state index contributed by atoms with van der Waals surface area (Å²) in [6.07, 6.45) is 0. The Balaban J connectivity index is 1.65. The summed E-state index contributed by atoms with van der Waals surface area (Å²) in [5.74, 6) is 1.13. The first-order valence-corrected chi connectivity index (χ1v) is 11.6. The minimum Gasteiger partial charge on any atom is -0.493 e. The molecule has 5 rings (SSSR count). The van der Waals surface area contributed by atoms with Crippen LogP contribution >= 0.6 is 0 Å². The highest BCUT2D eigenvalue weighted by atomic mass is 16.5. The van der Waals surface area contributed by atoms with Crippen LogP contribution in [0.25, 0.3) is 11.0 Å². The van der Waals surface area contributed by atoms with Crippen molar-refractivity contribution in [3.63, 3.8) is 0 Å². The van der Waals surface area contributed by atoms with Crippen LogP contribution < -0.4 is 24.5 Å². The van der Waals surface area contributed by atoms with E-state index in [1.165, 1.54) is 26.2 Å². The fourth-order valence-corrected chi connectivity index (χ4v) is 4.99. The number of rotatable bonds is 7. The third kappa shape index (κ3) is 4.00. The van der Waals surface area contributed by atoms with Crippen molar-refractivity contribution in [2.24, 2.45) is 0 Å². The molecule has 2 aromatic carbocycles. The van der Waals surface area contributed by atoms with E-state index in [0.29, 0.717) is 59.1 Å². The van der Waals surface area contributed by atoms with Gasteiger partial charge in [0.05, 0.1) is 64.6 Å². The summed E-state index contributed by atoms with van der Waals surface area (Å²) in [5, 5.41) is 0.442. The van der Waals surface area contributed by atoms with Gasteiger partial charge in [-0.15, -0.1) is 0 Å². The number of ether oxygens (including phenoxy) is 4. The van der Waals surface area contributed by atoms with Gasteiger partial charge >= 0.3 is 0 Å². The van der Waals surface area contributed by atoms with E-state index in [0.717, 1.165) is 19.6 Å².